The van der Waals surface area contributed by atoms with Gasteiger partial charge in [-0.05, 0) is 25.0 Å². The minimum absolute atomic E-state index is 0.301. The number of hydrogen-bond donors (Lipinski definition) is 2. The Balaban J connectivity index is 2.57. The summed E-state index contributed by atoms with van der Waals surface area (Å²) in [6.45, 7) is 4.02. The van der Waals surface area contributed by atoms with Crippen LogP contribution in [0.25, 0.3) is 0 Å². The molecular formula is C13H19N3O2. The van der Waals surface area contributed by atoms with Gasteiger partial charge in [-0.1, -0.05) is 24.3 Å². The number of nitrogens with zero attached hydrogens (tertiary/aromatic N) is 1. The number of nitrogens with one attached hydrogen (secondary N) is 1. The van der Waals surface area contributed by atoms with E-state index in [-0.39, 0.29) is 0 Å². The highest BCUT2D eigenvalue weighted by Crippen LogP contribution is 2.04. The molecule has 5 nitrogen and oxygen atoms in total. The number of quaternary nitrogens is 1. The molecule has 5 heteroatoms. The minimum Gasteiger partial charge on any atom is -0.544 e. The number of carboxylic acid groups (broad SMARTS) is 1. The van der Waals surface area contributed by atoms with Crippen molar-refractivity contribution in [1.82, 2.24) is 5.43 Å². The van der Waals surface area contributed by atoms with Crippen molar-refractivity contribution < 1.29 is 15.6 Å². The molecule has 98 valence electrons. The van der Waals surface area contributed by atoms with Gasteiger partial charge in [0.15, 0.2) is 0 Å². The predicted octanol–water partition coefficient (Wildman–Crippen LogP) is -1.08. The molecule has 1 aromatic rings. The van der Waals surface area contributed by atoms with E-state index in [1.165, 1.54) is 0 Å². The zero-order chi connectivity index (χ0) is 13.5. The topological polar surface area (TPSA) is 92.2 Å². The fraction of sp³-hybridized carbons (Fsp3) is 0.385. The standard InChI is InChI=1S/C13H19N3O2/c1-9(2)16-15-8-11-5-3-10(4-6-11)7-12(14)13(17)18/h3-6,8-9,12,16H,7,14H2,1-2H3,(H,17,18)/b15-8+/t12-/m0/s1. The largest absolute Gasteiger partial charge is 0.544 e. The second-order valence-electron chi connectivity index (χ2n) is 4.50. The average Bonchev–Trinajstić information content (AvgIpc) is 2.30. The van der Waals surface area contributed by atoms with Crippen LogP contribution in [0.15, 0.2) is 29.4 Å². The molecule has 4 N–H and O–H groups in total. The normalized spacial score (nSPS) is 12.9. The van der Waals surface area contributed by atoms with E-state index in [0.717, 1.165) is 11.1 Å². The highest BCUT2D eigenvalue weighted by Gasteiger charge is 2.07. The third-order valence-electron chi connectivity index (χ3n) is 2.34. The Morgan fingerprint density at radius 3 is 2.56 bits per heavy atom. The maximum atomic E-state index is 10.6. The molecule has 0 fully saturated rings. The Hall–Kier alpha value is -1.88. The van der Waals surface area contributed by atoms with E-state index in [0.29, 0.717) is 12.5 Å². The molecule has 0 spiro atoms. The number of aliphatic carboxylic acids is 1. The smallest absolute Gasteiger partial charge is 0.129 e. The maximum absolute atomic E-state index is 10.6. The van der Waals surface area contributed by atoms with Gasteiger partial charge in [0.2, 0.25) is 0 Å². The van der Waals surface area contributed by atoms with Crippen LogP contribution in [0.5, 0.6) is 0 Å². The van der Waals surface area contributed by atoms with Crippen LogP contribution in [-0.2, 0) is 11.2 Å². The average molecular weight is 249 g/mol. The Kier molecular flexibility index (Phi) is 5.32. The molecule has 0 amide bonds. The summed E-state index contributed by atoms with van der Waals surface area (Å²) in [7, 11) is 0. The summed E-state index contributed by atoms with van der Waals surface area (Å²) in [4.78, 5) is 10.6. The van der Waals surface area contributed by atoms with Crippen LogP contribution in [0.2, 0.25) is 0 Å². The third-order valence-corrected chi connectivity index (χ3v) is 2.34. The monoisotopic (exact) mass is 249 g/mol. The van der Waals surface area contributed by atoms with Gasteiger partial charge in [0.1, 0.15) is 6.04 Å². The molecule has 0 saturated heterocycles. The zero-order valence-corrected chi connectivity index (χ0v) is 10.7. The molecule has 1 aromatic carbocycles. The van der Waals surface area contributed by atoms with E-state index in [4.69, 9.17) is 0 Å². The first-order chi connectivity index (χ1) is 8.49. The molecule has 0 aliphatic rings. The number of carbonyl (C=O) groups excluding carboxylic acids is 1. The molecule has 0 bridgehead atoms. The zero-order valence-electron chi connectivity index (χ0n) is 10.7. The molecule has 0 unspecified atom stereocenters. The minimum atomic E-state index is -1.12. The van der Waals surface area contributed by atoms with Crippen molar-refractivity contribution in [2.24, 2.45) is 5.10 Å². The van der Waals surface area contributed by atoms with Gasteiger partial charge in [0.05, 0.1) is 12.2 Å². The molecule has 0 radical (unpaired) electrons. The summed E-state index contributed by atoms with van der Waals surface area (Å²) in [6, 6.07) is 7.11. The van der Waals surface area contributed by atoms with Crippen LogP contribution in [0.4, 0.5) is 0 Å². The maximum Gasteiger partial charge on any atom is 0.129 e. The van der Waals surface area contributed by atoms with Crippen LogP contribution >= 0.6 is 0 Å². The molecule has 0 aliphatic heterocycles. The Morgan fingerprint density at radius 1 is 1.44 bits per heavy atom. The van der Waals surface area contributed by atoms with Gasteiger partial charge in [-0.25, -0.2) is 0 Å². The number of hydrogen-bond acceptors (Lipinski definition) is 4. The van der Waals surface area contributed by atoms with Crippen molar-refractivity contribution in [2.75, 3.05) is 0 Å². The van der Waals surface area contributed by atoms with E-state index >= 15 is 0 Å². The van der Waals surface area contributed by atoms with Gasteiger partial charge in [-0.3, -0.25) is 0 Å². The van der Waals surface area contributed by atoms with Crippen LogP contribution in [0, 0.1) is 0 Å². The molecule has 1 rings (SSSR count). The molecule has 0 heterocycles. The van der Waals surface area contributed by atoms with E-state index in [2.05, 4.69) is 16.3 Å². The molecular weight excluding hydrogens is 230 g/mol. The number of hydrazone groups is 1. The summed E-state index contributed by atoms with van der Waals surface area (Å²) in [5.41, 5.74) is 8.34. The number of carbonyl (C=O) groups is 1. The van der Waals surface area contributed by atoms with Crippen molar-refractivity contribution in [3.8, 4) is 0 Å². The lowest BCUT2D eigenvalue weighted by molar-refractivity contribution is -0.437. The lowest BCUT2D eigenvalue weighted by Crippen LogP contribution is -2.69. The molecule has 1 atom stereocenters. The third kappa shape index (κ3) is 4.97. The summed E-state index contributed by atoms with van der Waals surface area (Å²) in [6.07, 6.45) is 2.11. The van der Waals surface area contributed by atoms with Crippen LogP contribution < -0.4 is 16.3 Å². The van der Waals surface area contributed by atoms with Crippen molar-refractivity contribution in [2.45, 2.75) is 32.4 Å². The predicted molar refractivity (Wildman–Crippen MR) is 67.7 cm³/mol. The summed E-state index contributed by atoms with van der Waals surface area (Å²) >= 11 is 0. The molecule has 0 saturated carbocycles. The van der Waals surface area contributed by atoms with E-state index in [1.54, 1.807) is 6.21 Å². The van der Waals surface area contributed by atoms with Gasteiger partial charge < -0.3 is 21.1 Å². The summed E-state index contributed by atoms with van der Waals surface area (Å²) < 4.78 is 0. The summed E-state index contributed by atoms with van der Waals surface area (Å²) in [5, 5.41) is 14.6. The quantitative estimate of drug-likeness (QED) is 0.496. The lowest BCUT2D eigenvalue weighted by atomic mass is 10.1. The van der Waals surface area contributed by atoms with Crippen LogP contribution in [0.1, 0.15) is 25.0 Å². The number of benzene rings is 1. The van der Waals surface area contributed by atoms with Crippen LogP contribution in [-0.4, -0.2) is 24.3 Å². The van der Waals surface area contributed by atoms with E-state index in [9.17, 15) is 9.90 Å². The van der Waals surface area contributed by atoms with Crippen LogP contribution in [0.3, 0.4) is 0 Å². The first-order valence-electron chi connectivity index (χ1n) is 5.90. The van der Waals surface area contributed by atoms with Crippen molar-refractivity contribution in [1.29, 1.82) is 0 Å². The fourth-order valence-electron chi connectivity index (χ4n) is 1.37. The van der Waals surface area contributed by atoms with Gasteiger partial charge >= 0.3 is 0 Å². The Bertz CT molecular complexity index is 413. The second kappa shape index (κ2) is 6.76. The Labute approximate surface area is 107 Å². The molecule has 18 heavy (non-hydrogen) atoms. The number of carboxylic acids is 1. The SMILES string of the molecule is CC(C)N/N=C/c1ccc(C[C@H]([NH3+])C(=O)[O-])cc1. The molecule has 0 aliphatic carbocycles. The fourth-order valence-corrected chi connectivity index (χ4v) is 1.37. The van der Waals surface area contributed by atoms with E-state index in [1.807, 2.05) is 38.1 Å². The first kappa shape index (κ1) is 14.2. The van der Waals surface area contributed by atoms with Gasteiger partial charge in [0.25, 0.3) is 0 Å². The lowest BCUT2D eigenvalue weighted by Gasteiger charge is -2.09. The van der Waals surface area contributed by atoms with Crippen molar-refractivity contribution >= 4 is 12.2 Å². The van der Waals surface area contributed by atoms with E-state index < -0.39 is 12.0 Å². The summed E-state index contributed by atoms with van der Waals surface area (Å²) in [5.74, 6) is -1.12. The Morgan fingerprint density at radius 2 is 2.06 bits per heavy atom. The highest BCUT2D eigenvalue weighted by atomic mass is 16.4. The van der Waals surface area contributed by atoms with Crippen molar-refractivity contribution in [3.05, 3.63) is 35.4 Å². The van der Waals surface area contributed by atoms with Gasteiger partial charge in [0, 0.05) is 12.5 Å². The second-order valence-corrected chi connectivity index (χ2v) is 4.50. The first-order valence-corrected chi connectivity index (χ1v) is 5.90. The van der Waals surface area contributed by atoms with Gasteiger partial charge in [-0.15, -0.1) is 0 Å². The highest BCUT2D eigenvalue weighted by molar-refractivity contribution is 5.79. The van der Waals surface area contributed by atoms with Crippen molar-refractivity contribution in [3.63, 3.8) is 0 Å². The molecule has 0 aromatic heterocycles. The van der Waals surface area contributed by atoms with Gasteiger partial charge in [-0.2, -0.15) is 5.10 Å². The number of rotatable bonds is 6.